The first-order valence-electron chi connectivity index (χ1n) is 7.18. The predicted octanol–water partition coefficient (Wildman–Crippen LogP) is 3.73. The fourth-order valence-electron chi connectivity index (χ4n) is 3.43. The molecule has 2 nitrogen and oxygen atoms in total. The summed E-state index contributed by atoms with van der Waals surface area (Å²) in [5, 5.41) is 4.64. The van der Waals surface area contributed by atoms with Crippen molar-refractivity contribution in [3.63, 3.8) is 0 Å². The van der Waals surface area contributed by atoms with Crippen molar-refractivity contribution >= 4 is 11.6 Å². The summed E-state index contributed by atoms with van der Waals surface area (Å²) >= 11 is 6.17. The Labute approximate surface area is 120 Å². The first-order valence-corrected chi connectivity index (χ1v) is 7.56. The van der Waals surface area contributed by atoms with Crippen molar-refractivity contribution in [1.29, 1.82) is 0 Å². The van der Waals surface area contributed by atoms with Gasteiger partial charge in [-0.2, -0.15) is 0 Å². The third-order valence-corrected chi connectivity index (χ3v) is 4.64. The van der Waals surface area contributed by atoms with E-state index < -0.39 is 0 Å². The smallest absolute Gasteiger partial charge is 0.0619 e. The maximum Gasteiger partial charge on any atom is 0.0619 e. The molecule has 0 spiro atoms. The van der Waals surface area contributed by atoms with Crippen LogP contribution in [-0.2, 0) is 11.2 Å². The molecular formula is C16H22ClNO. The average molecular weight is 280 g/mol. The van der Waals surface area contributed by atoms with Gasteiger partial charge in [-0.3, -0.25) is 0 Å². The maximum absolute atomic E-state index is 6.17. The first-order chi connectivity index (χ1) is 9.06. The fraction of sp³-hybridized carbons (Fsp3) is 0.625. The van der Waals surface area contributed by atoms with Crippen LogP contribution in [0.15, 0.2) is 18.2 Å². The maximum atomic E-state index is 6.17. The lowest BCUT2D eigenvalue weighted by molar-refractivity contribution is 0.0593. The third kappa shape index (κ3) is 2.67. The van der Waals surface area contributed by atoms with Gasteiger partial charge in [0.1, 0.15) is 0 Å². The lowest BCUT2D eigenvalue weighted by atomic mass is 9.84. The van der Waals surface area contributed by atoms with Crippen molar-refractivity contribution in [2.75, 3.05) is 13.2 Å². The van der Waals surface area contributed by atoms with E-state index in [-0.39, 0.29) is 5.41 Å². The molecule has 0 bridgehead atoms. The number of rotatable bonds is 2. The number of halogens is 1. The summed E-state index contributed by atoms with van der Waals surface area (Å²) in [5.41, 5.74) is 3.05. The van der Waals surface area contributed by atoms with Crippen LogP contribution in [0.25, 0.3) is 0 Å². The van der Waals surface area contributed by atoms with E-state index in [1.54, 1.807) is 0 Å². The Kier molecular flexibility index (Phi) is 3.59. The van der Waals surface area contributed by atoms with Gasteiger partial charge in [-0.1, -0.05) is 31.5 Å². The molecule has 104 valence electrons. The highest BCUT2D eigenvalue weighted by Crippen LogP contribution is 2.46. The van der Waals surface area contributed by atoms with E-state index >= 15 is 0 Å². The van der Waals surface area contributed by atoms with Gasteiger partial charge < -0.3 is 10.1 Å². The van der Waals surface area contributed by atoms with Crippen LogP contribution in [0.3, 0.4) is 0 Å². The van der Waals surface area contributed by atoms with Crippen LogP contribution in [0.1, 0.15) is 43.9 Å². The predicted molar refractivity (Wildman–Crippen MR) is 78.7 cm³/mol. The summed E-state index contributed by atoms with van der Waals surface area (Å²) in [6.45, 7) is 6.42. The van der Waals surface area contributed by atoms with Gasteiger partial charge in [0, 0.05) is 23.7 Å². The molecule has 1 aromatic rings. The van der Waals surface area contributed by atoms with Crippen molar-refractivity contribution in [2.45, 2.75) is 45.2 Å². The molecular weight excluding hydrogens is 258 g/mol. The molecule has 0 saturated carbocycles. The van der Waals surface area contributed by atoms with Gasteiger partial charge in [0.05, 0.1) is 6.61 Å². The van der Waals surface area contributed by atoms with Crippen LogP contribution in [-0.4, -0.2) is 19.3 Å². The number of hydrogen-bond acceptors (Lipinski definition) is 2. The molecule has 1 fully saturated rings. The van der Waals surface area contributed by atoms with Gasteiger partial charge in [0.2, 0.25) is 0 Å². The summed E-state index contributed by atoms with van der Waals surface area (Å²) in [6, 6.07) is 7.17. The Morgan fingerprint density at radius 1 is 1.37 bits per heavy atom. The monoisotopic (exact) mass is 279 g/mol. The van der Waals surface area contributed by atoms with Gasteiger partial charge >= 0.3 is 0 Å². The molecule has 1 heterocycles. The summed E-state index contributed by atoms with van der Waals surface area (Å²) in [7, 11) is 0. The molecule has 0 radical (unpaired) electrons. The zero-order valence-corrected chi connectivity index (χ0v) is 12.5. The molecule has 2 aliphatic rings. The van der Waals surface area contributed by atoms with Crippen molar-refractivity contribution in [1.82, 2.24) is 5.32 Å². The zero-order chi connectivity index (χ0) is 13.5. The van der Waals surface area contributed by atoms with Crippen LogP contribution >= 0.6 is 11.6 Å². The van der Waals surface area contributed by atoms with Crippen molar-refractivity contribution in [3.8, 4) is 0 Å². The highest BCUT2D eigenvalue weighted by molar-refractivity contribution is 6.30. The van der Waals surface area contributed by atoms with E-state index in [0.717, 1.165) is 31.1 Å². The minimum Gasteiger partial charge on any atom is -0.380 e. The lowest BCUT2D eigenvalue weighted by Gasteiger charge is -2.34. The molecule has 1 aliphatic carbocycles. The van der Waals surface area contributed by atoms with E-state index in [4.69, 9.17) is 16.3 Å². The number of nitrogens with one attached hydrogen (secondary N) is 1. The summed E-state index contributed by atoms with van der Waals surface area (Å²) in [6.07, 6.45) is 3.49. The molecule has 3 heteroatoms. The molecule has 0 amide bonds. The minimum absolute atomic E-state index is 0.241. The summed E-state index contributed by atoms with van der Waals surface area (Å²) < 4.78 is 5.58. The number of ether oxygens (including phenoxy) is 1. The van der Waals surface area contributed by atoms with E-state index in [9.17, 15) is 0 Å². The van der Waals surface area contributed by atoms with Crippen LogP contribution in [0, 0.1) is 5.41 Å². The average Bonchev–Trinajstić information content (AvgIpc) is 2.62. The molecule has 1 aliphatic heterocycles. The fourth-order valence-corrected chi connectivity index (χ4v) is 3.61. The van der Waals surface area contributed by atoms with Crippen molar-refractivity contribution in [3.05, 3.63) is 34.3 Å². The van der Waals surface area contributed by atoms with Gasteiger partial charge in [0.15, 0.2) is 0 Å². The highest BCUT2D eigenvalue weighted by Gasteiger charge is 2.40. The van der Waals surface area contributed by atoms with E-state index in [1.165, 1.54) is 17.5 Å². The standard InChI is InChI=1S/C16H22ClNO/c1-16(2)9-11-5-6-12(17)8-14(11)15(16)18-13-4-3-7-19-10-13/h5-6,8,13,15,18H,3-4,7,9-10H2,1-2H3. The first kappa shape index (κ1) is 13.4. The normalized spacial score (nSPS) is 29.2. The van der Waals surface area contributed by atoms with Crippen LogP contribution in [0.5, 0.6) is 0 Å². The largest absolute Gasteiger partial charge is 0.380 e. The number of fused-ring (bicyclic) bond motifs is 1. The molecule has 1 saturated heterocycles. The zero-order valence-electron chi connectivity index (χ0n) is 11.7. The number of benzene rings is 1. The summed E-state index contributed by atoms with van der Waals surface area (Å²) in [4.78, 5) is 0. The second-order valence-electron chi connectivity index (χ2n) is 6.52. The Morgan fingerprint density at radius 2 is 2.21 bits per heavy atom. The second-order valence-corrected chi connectivity index (χ2v) is 6.96. The minimum atomic E-state index is 0.241. The van der Waals surface area contributed by atoms with Crippen LogP contribution in [0.2, 0.25) is 5.02 Å². The molecule has 1 aromatic carbocycles. The number of hydrogen-bond donors (Lipinski definition) is 1. The van der Waals surface area contributed by atoms with Gasteiger partial charge in [-0.25, -0.2) is 0 Å². The van der Waals surface area contributed by atoms with E-state index in [2.05, 4.69) is 31.3 Å². The summed E-state index contributed by atoms with van der Waals surface area (Å²) in [5.74, 6) is 0. The molecule has 2 unspecified atom stereocenters. The van der Waals surface area contributed by atoms with Gasteiger partial charge in [0.25, 0.3) is 0 Å². The molecule has 2 atom stereocenters. The topological polar surface area (TPSA) is 21.3 Å². The Bertz CT molecular complexity index is 466. The van der Waals surface area contributed by atoms with Crippen molar-refractivity contribution in [2.24, 2.45) is 5.41 Å². The molecule has 19 heavy (non-hydrogen) atoms. The van der Waals surface area contributed by atoms with E-state index in [1.807, 2.05) is 6.07 Å². The highest BCUT2D eigenvalue weighted by atomic mass is 35.5. The Hall–Kier alpha value is -0.570. The van der Waals surface area contributed by atoms with Crippen LogP contribution in [0.4, 0.5) is 0 Å². The quantitative estimate of drug-likeness (QED) is 0.891. The molecule has 0 aromatic heterocycles. The van der Waals surface area contributed by atoms with Gasteiger partial charge in [-0.05, 0) is 47.9 Å². The van der Waals surface area contributed by atoms with Gasteiger partial charge in [-0.15, -0.1) is 0 Å². The second kappa shape index (κ2) is 5.08. The lowest BCUT2D eigenvalue weighted by Crippen LogP contribution is -2.42. The Morgan fingerprint density at radius 3 is 2.95 bits per heavy atom. The molecule has 1 N–H and O–H groups in total. The molecule has 3 rings (SSSR count). The van der Waals surface area contributed by atoms with E-state index in [0.29, 0.717) is 12.1 Å². The third-order valence-electron chi connectivity index (χ3n) is 4.41. The van der Waals surface area contributed by atoms with Crippen LogP contribution < -0.4 is 5.32 Å². The Balaban J connectivity index is 1.84. The SMILES string of the molecule is CC1(C)Cc2ccc(Cl)cc2C1NC1CCCOC1. The van der Waals surface area contributed by atoms with Crippen molar-refractivity contribution < 1.29 is 4.74 Å².